The second-order valence-corrected chi connectivity index (χ2v) is 5.61. The van der Waals surface area contributed by atoms with Gasteiger partial charge in [0.1, 0.15) is 11.5 Å². The van der Waals surface area contributed by atoms with Crippen molar-refractivity contribution in [1.82, 2.24) is 4.98 Å². The van der Waals surface area contributed by atoms with Crippen LogP contribution in [0.1, 0.15) is 25.1 Å². The Morgan fingerprint density at radius 3 is 2.22 bits per heavy atom. The lowest BCUT2D eigenvalue weighted by atomic mass is 9.94. The Labute approximate surface area is 131 Å². The number of alkyl halides is 2. The summed E-state index contributed by atoms with van der Waals surface area (Å²) in [6.07, 6.45) is -2.87. The molecule has 0 fully saturated rings. The molecule has 6 heteroatoms. The molecule has 0 aliphatic rings. The highest BCUT2D eigenvalue weighted by Crippen LogP contribution is 2.32. The summed E-state index contributed by atoms with van der Waals surface area (Å²) in [5.41, 5.74) is -2.65. The fourth-order valence-corrected chi connectivity index (χ4v) is 2.05. The molecule has 0 saturated carbocycles. The van der Waals surface area contributed by atoms with Gasteiger partial charge in [-0.3, -0.25) is 0 Å². The van der Waals surface area contributed by atoms with Crippen molar-refractivity contribution in [2.45, 2.75) is 25.9 Å². The Balaban J connectivity index is 2.72. The average Bonchev–Trinajstić information content (AvgIpc) is 2.46. The molecule has 1 N–H and O–H groups in total. The van der Waals surface area contributed by atoms with Crippen LogP contribution in [-0.4, -0.2) is 16.5 Å². The number of aromatic nitrogens is 1. The van der Waals surface area contributed by atoms with Crippen LogP contribution >= 0.6 is 0 Å². The molecule has 2 nitrogen and oxygen atoms in total. The molecule has 0 bridgehead atoms. The first-order valence-corrected chi connectivity index (χ1v) is 6.78. The predicted molar refractivity (Wildman–Crippen MR) is 79.9 cm³/mol. The maximum absolute atomic E-state index is 14.7. The van der Waals surface area contributed by atoms with Crippen LogP contribution in [0.15, 0.2) is 36.9 Å². The molecule has 23 heavy (non-hydrogen) atoms. The Kier molecular flexibility index (Phi) is 4.56. The summed E-state index contributed by atoms with van der Waals surface area (Å²) >= 11 is 0. The van der Waals surface area contributed by atoms with Gasteiger partial charge in [0.05, 0.1) is 11.3 Å². The molecule has 2 rings (SSSR count). The van der Waals surface area contributed by atoms with Gasteiger partial charge in [0.25, 0.3) is 6.43 Å². The van der Waals surface area contributed by atoms with Gasteiger partial charge in [0.2, 0.25) is 0 Å². The Hall–Kier alpha value is -2.21. The fraction of sp³-hybridized carbons (Fsp3) is 0.235. The topological polar surface area (TPSA) is 33.1 Å². The van der Waals surface area contributed by atoms with Crippen LogP contribution in [0.5, 0.6) is 0 Å². The fourth-order valence-electron chi connectivity index (χ4n) is 2.05. The third-order valence-corrected chi connectivity index (χ3v) is 3.33. The number of allylic oxidation sites excluding steroid dienone is 1. The molecule has 0 unspecified atom stereocenters. The molecule has 1 aromatic carbocycles. The average molecular weight is 325 g/mol. The van der Waals surface area contributed by atoms with Crippen LogP contribution in [0.3, 0.4) is 0 Å². The van der Waals surface area contributed by atoms with Crippen LogP contribution < -0.4 is 0 Å². The van der Waals surface area contributed by atoms with E-state index in [2.05, 4.69) is 11.6 Å². The molecule has 0 amide bonds. The zero-order valence-electron chi connectivity index (χ0n) is 12.6. The van der Waals surface area contributed by atoms with E-state index in [1.54, 1.807) is 0 Å². The number of benzene rings is 1. The molecule has 0 saturated heterocycles. The number of rotatable bonds is 4. The van der Waals surface area contributed by atoms with Crippen LogP contribution in [0, 0.1) is 11.6 Å². The molecule has 122 valence electrons. The van der Waals surface area contributed by atoms with Gasteiger partial charge >= 0.3 is 0 Å². The first-order chi connectivity index (χ1) is 10.6. The maximum Gasteiger partial charge on any atom is 0.265 e. The highest BCUT2D eigenvalue weighted by molar-refractivity contribution is 5.69. The van der Waals surface area contributed by atoms with Crippen LogP contribution in [0.2, 0.25) is 0 Å². The Morgan fingerprint density at radius 1 is 1.17 bits per heavy atom. The van der Waals surface area contributed by atoms with E-state index < -0.39 is 29.2 Å². The summed E-state index contributed by atoms with van der Waals surface area (Å²) in [7, 11) is 0. The standard InChI is InChI=1S/C17H15F4NO/c1-9(16(20)21)13-8-12(17(2,3)23)14(19)15(22-13)10-4-6-11(18)7-5-10/h4-8,16,23H,1H2,2-3H3. The van der Waals surface area contributed by atoms with Gasteiger partial charge in [-0.1, -0.05) is 6.58 Å². The van der Waals surface area contributed by atoms with Crippen molar-refractivity contribution in [3.8, 4) is 11.3 Å². The molecular formula is C17H15F4NO. The van der Waals surface area contributed by atoms with Gasteiger partial charge < -0.3 is 5.11 Å². The quantitative estimate of drug-likeness (QED) is 0.838. The number of hydrogen-bond donors (Lipinski definition) is 1. The number of hydrogen-bond acceptors (Lipinski definition) is 2. The highest BCUT2D eigenvalue weighted by atomic mass is 19.3. The van der Waals surface area contributed by atoms with E-state index >= 15 is 0 Å². The van der Waals surface area contributed by atoms with Gasteiger partial charge in [-0.15, -0.1) is 0 Å². The first-order valence-electron chi connectivity index (χ1n) is 6.78. The van der Waals surface area contributed by atoms with Crippen molar-refractivity contribution < 1.29 is 22.7 Å². The molecule has 1 heterocycles. The van der Waals surface area contributed by atoms with E-state index in [0.29, 0.717) is 0 Å². The number of pyridine rings is 1. The van der Waals surface area contributed by atoms with Crippen LogP contribution in [0.4, 0.5) is 17.6 Å². The minimum absolute atomic E-state index is 0.191. The van der Waals surface area contributed by atoms with Gasteiger partial charge in [-0.2, -0.15) is 0 Å². The lowest BCUT2D eigenvalue weighted by Crippen LogP contribution is -2.19. The van der Waals surface area contributed by atoms with Crippen molar-refractivity contribution in [2.75, 3.05) is 0 Å². The SMILES string of the molecule is C=C(c1cc(C(C)(C)O)c(F)c(-c2ccc(F)cc2)n1)C(F)F. The lowest BCUT2D eigenvalue weighted by Gasteiger charge is -2.21. The number of halogens is 4. The third-order valence-electron chi connectivity index (χ3n) is 3.33. The zero-order valence-corrected chi connectivity index (χ0v) is 12.6. The molecule has 0 atom stereocenters. The van der Waals surface area contributed by atoms with E-state index in [-0.39, 0.29) is 22.5 Å². The summed E-state index contributed by atoms with van der Waals surface area (Å²) in [6.45, 7) is 5.91. The van der Waals surface area contributed by atoms with Crippen molar-refractivity contribution in [3.05, 3.63) is 59.8 Å². The van der Waals surface area contributed by atoms with E-state index in [1.165, 1.54) is 26.0 Å². The molecule has 2 aromatic rings. The lowest BCUT2D eigenvalue weighted by molar-refractivity contribution is 0.0744. The van der Waals surface area contributed by atoms with Crippen LogP contribution in [-0.2, 0) is 5.60 Å². The summed E-state index contributed by atoms with van der Waals surface area (Å²) in [4.78, 5) is 3.88. The normalized spacial score (nSPS) is 11.8. The summed E-state index contributed by atoms with van der Waals surface area (Å²) < 4.78 is 53.5. The molecule has 0 aliphatic carbocycles. The monoisotopic (exact) mass is 325 g/mol. The smallest absolute Gasteiger partial charge is 0.265 e. The maximum atomic E-state index is 14.7. The highest BCUT2D eigenvalue weighted by Gasteiger charge is 2.27. The van der Waals surface area contributed by atoms with Crippen molar-refractivity contribution in [3.63, 3.8) is 0 Å². The van der Waals surface area contributed by atoms with E-state index in [4.69, 9.17) is 0 Å². The minimum atomic E-state index is -2.87. The number of nitrogens with zero attached hydrogens (tertiary/aromatic N) is 1. The van der Waals surface area contributed by atoms with E-state index in [0.717, 1.165) is 18.2 Å². The van der Waals surface area contributed by atoms with Gasteiger partial charge in [-0.25, -0.2) is 22.5 Å². The zero-order chi connectivity index (χ0) is 17.4. The van der Waals surface area contributed by atoms with Gasteiger partial charge in [0.15, 0.2) is 5.82 Å². The van der Waals surface area contributed by atoms with Gasteiger partial charge in [-0.05, 0) is 44.2 Å². The molecule has 0 radical (unpaired) electrons. The Morgan fingerprint density at radius 2 is 1.74 bits per heavy atom. The molecule has 1 aromatic heterocycles. The second kappa shape index (κ2) is 6.12. The number of aliphatic hydroxyl groups is 1. The minimum Gasteiger partial charge on any atom is -0.386 e. The first kappa shape index (κ1) is 17.1. The summed E-state index contributed by atoms with van der Waals surface area (Å²) in [6, 6.07) is 5.83. The summed E-state index contributed by atoms with van der Waals surface area (Å²) in [5.74, 6) is -1.38. The Bertz CT molecular complexity index is 733. The van der Waals surface area contributed by atoms with Gasteiger partial charge in [0, 0.05) is 16.7 Å². The summed E-state index contributed by atoms with van der Waals surface area (Å²) in [5, 5.41) is 10.1. The van der Waals surface area contributed by atoms with Crippen LogP contribution in [0.25, 0.3) is 16.8 Å². The van der Waals surface area contributed by atoms with Crippen molar-refractivity contribution >= 4 is 5.57 Å². The molecule has 0 aliphatic heterocycles. The largest absolute Gasteiger partial charge is 0.386 e. The van der Waals surface area contributed by atoms with E-state index in [1.807, 2.05) is 0 Å². The second-order valence-electron chi connectivity index (χ2n) is 5.61. The van der Waals surface area contributed by atoms with Crippen molar-refractivity contribution in [2.24, 2.45) is 0 Å². The molecule has 0 spiro atoms. The third kappa shape index (κ3) is 3.59. The van der Waals surface area contributed by atoms with E-state index in [9.17, 15) is 22.7 Å². The van der Waals surface area contributed by atoms with Crippen molar-refractivity contribution in [1.29, 1.82) is 0 Å². The predicted octanol–water partition coefficient (Wildman–Crippen LogP) is 4.53. The molecular weight excluding hydrogens is 310 g/mol.